The zero-order chi connectivity index (χ0) is 23.8. The van der Waals surface area contributed by atoms with Crippen LogP contribution in [0.4, 0.5) is 10.7 Å². The van der Waals surface area contributed by atoms with Crippen molar-refractivity contribution in [3.05, 3.63) is 75.4 Å². The van der Waals surface area contributed by atoms with Gasteiger partial charge in [0.2, 0.25) is 0 Å². The van der Waals surface area contributed by atoms with Crippen LogP contribution in [0.5, 0.6) is 0 Å². The summed E-state index contributed by atoms with van der Waals surface area (Å²) in [5.74, 6) is 0.401. The molecule has 0 fully saturated rings. The quantitative estimate of drug-likeness (QED) is 0.138. The number of nitro groups is 1. The smallest absolute Gasteiger partial charge is 0.324 e. The van der Waals surface area contributed by atoms with E-state index in [9.17, 15) is 14.9 Å². The summed E-state index contributed by atoms with van der Waals surface area (Å²) in [5.41, 5.74) is 4.61. The number of hydrogen-bond donors (Lipinski definition) is 2. The molecule has 0 spiro atoms. The molecule has 172 valence electrons. The van der Waals surface area contributed by atoms with E-state index in [-0.39, 0.29) is 10.9 Å². The minimum atomic E-state index is -0.495. The molecule has 0 bridgehead atoms. The van der Waals surface area contributed by atoms with E-state index in [4.69, 9.17) is 0 Å². The van der Waals surface area contributed by atoms with Gasteiger partial charge in [0.25, 0.3) is 5.91 Å². The SMILES string of the molecule is C=CCn1c(CNc2ccc(C)cc2)nnc1S[C@@H](C)C(=O)N/N=C\c1ccc([N+](=O)[O-])s1. The van der Waals surface area contributed by atoms with Crippen molar-refractivity contribution in [2.45, 2.75) is 37.3 Å². The lowest BCUT2D eigenvalue weighted by Crippen LogP contribution is -2.27. The Labute approximate surface area is 199 Å². The van der Waals surface area contributed by atoms with Gasteiger partial charge < -0.3 is 9.88 Å². The number of rotatable bonds is 11. The summed E-state index contributed by atoms with van der Waals surface area (Å²) in [5, 5.41) is 26.6. The molecule has 12 heteroatoms. The number of hydrogen-bond acceptors (Lipinski definition) is 9. The van der Waals surface area contributed by atoms with Crippen molar-refractivity contribution in [2.24, 2.45) is 5.10 Å². The van der Waals surface area contributed by atoms with Crippen LogP contribution < -0.4 is 10.7 Å². The average Bonchev–Trinajstić information content (AvgIpc) is 3.41. The fraction of sp³-hybridized carbons (Fsp3) is 0.238. The lowest BCUT2D eigenvalue weighted by atomic mass is 10.2. The van der Waals surface area contributed by atoms with E-state index in [1.807, 2.05) is 35.8 Å². The van der Waals surface area contributed by atoms with Gasteiger partial charge in [0.05, 0.1) is 27.8 Å². The summed E-state index contributed by atoms with van der Waals surface area (Å²) < 4.78 is 1.90. The van der Waals surface area contributed by atoms with Crippen LogP contribution in [0.2, 0.25) is 0 Å². The van der Waals surface area contributed by atoms with Crippen LogP contribution in [0.25, 0.3) is 0 Å². The molecule has 0 saturated carbocycles. The van der Waals surface area contributed by atoms with Crippen LogP contribution in [0, 0.1) is 17.0 Å². The fourth-order valence-corrected chi connectivity index (χ4v) is 4.24. The number of hydrazone groups is 1. The molecule has 0 saturated heterocycles. The second-order valence-corrected chi connectivity index (χ2v) is 9.35. The van der Waals surface area contributed by atoms with Crippen molar-refractivity contribution in [1.82, 2.24) is 20.2 Å². The van der Waals surface area contributed by atoms with Gasteiger partial charge in [-0.3, -0.25) is 14.9 Å². The number of amides is 1. The lowest BCUT2D eigenvalue weighted by Gasteiger charge is -2.12. The Morgan fingerprint density at radius 2 is 2.09 bits per heavy atom. The minimum Gasteiger partial charge on any atom is -0.378 e. The summed E-state index contributed by atoms with van der Waals surface area (Å²) in [6, 6.07) is 11.0. The third-order valence-corrected chi connectivity index (χ3v) is 6.47. The maximum Gasteiger partial charge on any atom is 0.324 e. The number of carbonyl (C=O) groups is 1. The largest absolute Gasteiger partial charge is 0.378 e. The van der Waals surface area contributed by atoms with Gasteiger partial charge in [-0.1, -0.05) is 46.9 Å². The van der Waals surface area contributed by atoms with E-state index in [1.165, 1.54) is 29.6 Å². The van der Waals surface area contributed by atoms with Crippen LogP contribution in [0.15, 0.2) is 59.3 Å². The van der Waals surface area contributed by atoms with Crippen LogP contribution in [0.3, 0.4) is 0 Å². The highest BCUT2D eigenvalue weighted by atomic mass is 32.2. The van der Waals surface area contributed by atoms with Gasteiger partial charge in [-0.2, -0.15) is 5.10 Å². The van der Waals surface area contributed by atoms with E-state index in [0.29, 0.717) is 23.1 Å². The number of aryl methyl sites for hydroxylation is 1. The molecule has 2 aromatic heterocycles. The van der Waals surface area contributed by atoms with Crippen LogP contribution in [-0.2, 0) is 17.9 Å². The van der Waals surface area contributed by atoms with Crippen LogP contribution in [-0.4, -0.2) is 37.1 Å². The predicted octanol–water partition coefficient (Wildman–Crippen LogP) is 3.99. The first-order chi connectivity index (χ1) is 15.9. The van der Waals surface area contributed by atoms with Gasteiger partial charge in [0.15, 0.2) is 11.0 Å². The topological polar surface area (TPSA) is 127 Å². The van der Waals surface area contributed by atoms with Crippen LogP contribution in [0.1, 0.15) is 23.2 Å². The second-order valence-electron chi connectivity index (χ2n) is 6.95. The van der Waals surface area contributed by atoms with Crippen molar-refractivity contribution in [2.75, 3.05) is 5.32 Å². The van der Waals surface area contributed by atoms with Gasteiger partial charge >= 0.3 is 5.00 Å². The summed E-state index contributed by atoms with van der Waals surface area (Å²) in [6.07, 6.45) is 3.13. The Morgan fingerprint density at radius 3 is 2.76 bits per heavy atom. The molecule has 2 N–H and O–H groups in total. The van der Waals surface area contributed by atoms with Crippen molar-refractivity contribution < 1.29 is 9.72 Å². The van der Waals surface area contributed by atoms with E-state index < -0.39 is 10.2 Å². The molecular weight excluding hydrogens is 462 g/mol. The molecule has 0 aliphatic carbocycles. The molecule has 3 aromatic rings. The number of anilines is 1. The molecule has 0 aliphatic rings. The zero-order valence-electron chi connectivity index (χ0n) is 18.1. The zero-order valence-corrected chi connectivity index (χ0v) is 19.7. The Kier molecular flexibility index (Phi) is 8.33. The molecule has 1 aromatic carbocycles. The van der Waals surface area contributed by atoms with Gasteiger partial charge in [-0.25, -0.2) is 5.43 Å². The first-order valence-corrected chi connectivity index (χ1v) is 11.6. The molecule has 0 unspecified atom stereocenters. The molecule has 1 amide bonds. The monoisotopic (exact) mass is 485 g/mol. The summed E-state index contributed by atoms with van der Waals surface area (Å²) in [7, 11) is 0. The number of thioether (sulfide) groups is 1. The number of allylic oxidation sites excluding steroid dienone is 1. The van der Waals surface area contributed by atoms with Crippen molar-refractivity contribution in [1.29, 1.82) is 0 Å². The Bertz CT molecular complexity index is 1160. The molecule has 0 aliphatic heterocycles. The maximum atomic E-state index is 12.4. The molecule has 10 nitrogen and oxygen atoms in total. The minimum absolute atomic E-state index is 0.0147. The summed E-state index contributed by atoms with van der Waals surface area (Å²) in [6.45, 7) is 8.55. The number of nitrogens with zero attached hydrogens (tertiary/aromatic N) is 5. The Balaban J connectivity index is 1.59. The Hall–Kier alpha value is -3.51. The number of aromatic nitrogens is 3. The number of carbonyl (C=O) groups excluding carboxylic acids is 1. The second kappa shape index (κ2) is 11.4. The van der Waals surface area contributed by atoms with Gasteiger partial charge in [0.1, 0.15) is 0 Å². The van der Waals surface area contributed by atoms with E-state index >= 15 is 0 Å². The summed E-state index contributed by atoms with van der Waals surface area (Å²) >= 11 is 2.23. The lowest BCUT2D eigenvalue weighted by molar-refractivity contribution is -0.380. The molecule has 0 radical (unpaired) electrons. The van der Waals surface area contributed by atoms with E-state index in [1.54, 1.807) is 19.1 Å². The number of benzene rings is 1. The van der Waals surface area contributed by atoms with Crippen molar-refractivity contribution in [3.63, 3.8) is 0 Å². The van der Waals surface area contributed by atoms with Gasteiger partial charge in [-0.05, 0) is 32.0 Å². The molecule has 3 rings (SSSR count). The highest BCUT2D eigenvalue weighted by molar-refractivity contribution is 8.00. The summed E-state index contributed by atoms with van der Waals surface area (Å²) in [4.78, 5) is 23.3. The van der Waals surface area contributed by atoms with Gasteiger partial charge in [-0.15, -0.1) is 16.8 Å². The first-order valence-electron chi connectivity index (χ1n) is 9.94. The highest BCUT2D eigenvalue weighted by Gasteiger charge is 2.19. The highest BCUT2D eigenvalue weighted by Crippen LogP contribution is 2.24. The molecule has 33 heavy (non-hydrogen) atoms. The van der Waals surface area contributed by atoms with E-state index in [2.05, 4.69) is 32.6 Å². The van der Waals surface area contributed by atoms with Gasteiger partial charge in [0, 0.05) is 18.3 Å². The normalized spacial score (nSPS) is 11.9. The van der Waals surface area contributed by atoms with Crippen molar-refractivity contribution >= 4 is 45.9 Å². The fourth-order valence-electron chi connectivity index (χ4n) is 2.67. The number of nitrogens with one attached hydrogen (secondary N) is 2. The molecule has 1 atom stereocenters. The average molecular weight is 486 g/mol. The predicted molar refractivity (Wildman–Crippen MR) is 131 cm³/mol. The first kappa shape index (κ1) is 24.1. The Morgan fingerprint density at radius 1 is 1.33 bits per heavy atom. The third-order valence-electron chi connectivity index (χ3n) is 4.42. The molecular formula is C21H23N7O3S2. The van der Waals surface area contributed by atoms with E-state index in [0.717, 1.165) is 22.8 Å². The maximum absolute atomic E-state index is 12.4. The van der Waals surface area contributed by atoms with Crippen LogP contribution >= 0.6 is 23.1 Å². The third kappa shape index (κ3) is 6.73. The molecule has 2 heterocycles. The van der Waals surface area contributed by atoms with Crippen molar-refractivity contribution in [3.8, 4) is 0 Å². The standard InChI is InChI=1S/C21H23N7O3S2/c1-4-11-27-18(13-22-16-7-5-14(2)6-8-16)24-26-21(27)32-15(3)20(29)25-23-12-17-9-10-19(33-17)28(30)31/h4-10,12,15,22H,1,11,13H2,2-3H3,(H,25,29)/b23-12-/t15-/m0/s1. The number of thiophene rings is 1.